The van der Waals surface area contributed by atoms with Crippen LogP contribution in [-0.2, 0) is 9.53 Å². The lowest BCUT2D eigenvalue weighted by atomic mass is 9.86. The standard InChI is InChI=1S/C18H33NO2/c1-6-9-15(10-7-2)18(20)21-16-12-11-14(8-3)17(13-16)19(4)5/h13-15,17H,6-12H2,1-5H3. The van der Waals surface area contributed by atoms with Crippen LogP contribution in [0.5, 0.6) is 0 Å². The van der Waals surface area contributed by atoms with Crippen LogP contribution in [0, 0.1) is 11.8 Å². The molecule has 0 amide bonds. The molecule has 21 heavy (non-hydrogen) atoms. The van der Waals surface area contributed by atoms with E-state index in [9.17, 15) is 4.79 Å². The number of ether oxygens (including phenoxy) is 1. The largest absolute Gasteiger partial charge is 0.431 e. The third kappa shape index (κ3) is 5.46. The average Bonchev–Trinajstić information content (AvgIpc) is 2.46. The molecule has 3 nitrogen and oxygen atoms in total. The van der Waals surface area contributed by atoms with Gasteiger partial charge >= 0.3 is 5.97 Å². The summed E-state index contributed by atoms with van der Waals surface area (Å²) in [5, 5.41) is 0. The number of hydrogen-bond acceptors (Lipinski definition) is 3. The van der Waals surface area contributed by atoms with Crippen molar-refractivity contribution in [3.8, 4) is 0 Å². The van der Waals surface area contributed by atoms with Crippen molar-refractivity contribution in [2.45, 2.75) is 71.8 Å². The quantitative estimate of drug-likeness (QED) is 0.622. The fourth-order valence-electron chi connectivity index (χ4n) is 3.30. The first kappa shape index (κ1) is 18.2. The summed E-state index contributed by atoms with van der Waals surface area (Å²) in [5.41, 5.74) is 0. The normalized spacial score (nSPS) is 22.5. The van der Waals surface area contributed by atoms with Crippen molar-refractivity contribution < 1.29 is 9.53 Å². The van der Waals surface area contributed by atoms with Gasteiger partial charge in [-0.2, -0.15) is 0 Å². The smallest absolute Gasteiger partial charge is 0.313 e. The molecule has 0 N–H and O–H groups in total. The lowest BCUT2D eigenvalue weighted by Crippen LogP contribution is -2.36. The zero-order valence-corrected chi connectivity index (χ0v) is 14.5. The molecule has 0 heterocycles. The molecule has 0 saturated carbocycles. The van der Waals surface area contributed by atoms with E-state index in [-0.39, 0.29) is 11.9 Å². The van der Waals surface area contributed by atoms with E-state index in [0.29, 0.717) is 12.0 Å². The van der Waals surface area contributed by atoms with Gasteiger partial charge in [-0.3, -0.25) is 4.79 Å². The van der Waals surface area contributed by atoms with Crippen LogP contribution < -0.4 is 0 Å². The van der Waals surface area contributed by atoms with E-state index in [1.165, 1.54) is 6.42 Å². The lowest BCUT2D eigenvalue weighted by Gasteiger charge is -2.33. The zero-order valence-electron chi connectivity index (χ0n) is 14.5. The monoisotopic (exact) mass is 295 g/mol. The summed E-state index contributed by atoms with van der Waals surface area (Å²) in [6.07, 6.45) is 9.32. The predicted molar refractivity (Wildman–Crippen MR) is 88.0 cm³/mol. The number of rotatable bonds is 8. The van der Waals surface area contributed by atoms with Crippen LogP contribution in [0.3, 0.4) is 0 Å². The number of carbonyl (C=O) groups is 1. The van der Waals surface area contributed by atoms with Gasteiger partial charge in [-0.1, -0.05) is 40.0 Å². The van der Waals surface area contributed by atoms with E-state index < -0.39 is 0 Å². The highest BCUT2D eigenvalue weighted by Crippen LogP contribution is 2.30. The summed E-state index contributed by atoms with van der Waals surface area (Å²) in [5.74, 6) is 1.62. The Morgan fingerprint density at radius 3 is 2.38 bits per heavy atom. The molecule has 0 aromatic heterocycles. The minimum absolute atomic E-state index is 0.0163. The minimum Gasteiger partial charge on any atom is -0.431 e. The Morgan fingerprint density at radius 2 is 1.90 bits per heavy atom. The molecule has 122 valence electrons. The predicted octanol–water partition coefficient (Wildman–Crippen LogP) is 4.38. The van der Waals surface area contributed by atoms with Gasteiger partial charge in [0, 0.05) is 12.5 Å². The summed E-state index contributed by atoms with van der Waals surface area (Å²) >= 11 is 0. The Labute approximate surface area is 130 Å². The molecule has 0 bridgehead atoms. The average molecular weight is 295 g/mol. The van der Waals surface area contributed by atoms with E-state index in [1.54, 1.807) is 0 Å². The van der Waals surface area contributed by atoms with Crippen LogP contribution in [0.25, 0.3) is 0 Å². The number of hydrogen-bond donors (Lipinski definition) is 0. The van der Waals surface area contributed by atoms with Gasteiger partial charge in [-0.25, -0.2) is 0 Å². The third-order valence-corrected chi connectivity index (χ3v) is 4.56. The number of likely N-dealkylation sites (N-methyl/N-ethyl adjacent to an activating group) is 1. The highest BCUT2D eigenvalue weighted by atomic mass is 16.5. The maximum absolute atomic E-state index is 12.3. The van der Waals surface area contributed by atoms with Gasteiger partial charge in [0.25, 0.3) is 0 Å². The topological polar surface area (TPSA) is 29.5 Å². The van der Waals surface area contributed by atoms with Crippen LogP contribution in [0.15, 0.2) is 11.8 Å². The molecule has 1 aliphatic carbocycles. The van der Waals surface area contributed by atoms with Crippen LogP contribution in [0.2, 0.25) is 0 Å². The SMILES string of the molecule is CCCC(CCC)C(=O)OC1=CC(N(C)C)C(CC)CC1. The van der Waals surface area contributed by atoms with Gasteiger partial charge in [-0.05, 0) is 45.4 Å². The lowest BCUT2D eigenvalue weighted by molar-refractivity contribution is -0.145. The third-order valence-electron chi connectivity index (χ3n) is 4.56. The molecule has 2 unspecified atom stereocenters. The number of carbonyl (C=O) groups excluding carboxylic acids is 1. The second-order valence-electron chi connectivity index (χ2n) is 6.49. The second kappa shape index (κ2) is 9.24. The Hall–Kier alpha value is -0.830. The zero-order chi connectivity index (χ0) is 15.8. The maximum Gasteiger partial charge on any atom is 0.313 e. The van der Waals surface area contributed by atoms with Crippen molar-refractivity contribution in [2.24, 2.45) is 11.8 Å². The molecule has 1 rings (SSSR count). The molecular formula is C18H33NO2. The van der Waals surface area contributed by atoms with E-state index >= 15 is 0 Å². The highest BCUT2D eigenvalue weighted by molar-refractivity contribution is 5.73. The maximum atomic E-state index is 12.3. The Morgan fingerprint density at radius 1 is 1.29 bits per heavy atom. The first-order chi connectivity index (χ1) is 10.0. The molecular weight excluding hydrogens is 262 g/mol. The van der Waals surface area contributed by atoms with Crippen LogP contribution >= 0.6 is 0 Å². The van der Waals surface area contributed by atoms with Gasteiger partial charge in [0.1, 0.15) is 5.76 Å². The highest BCUT2D eigenvalue weighted by Gasteiger charge is 2.28. The minimum atomic E-state index is -0.0163. The summed E-state index contributed by atoms with van der Waals surface area (Å²) in [7, 11) is 4.21. The van der Waals surface area contributed by atoms with Crippen LogP contribution in [0.4, 0.5) is 0 Å². The van der Waals surface area contributed by atoms with Crippen LogP contribution in [0.1, 0.15) is 65.7 Å². The van der Waals surface area contributed by atoms with Crippen molar-refractivity contribution in [1.82, 2.24) is 4.90 Å². The number of allylic oxidation sites excluding steroid dienone is 1. The van der Waals surface area contributed by atoms with E-state index in [4.69, 9.17) is 4.74 Å². The molecule has 2 atom stereocenters. The molecule has 0 radical (unpaired) electrons. The first-order valence-electron chi connectivity index (χ1n) is 8.62. The summed E-state index contributed by atoms with van der Waals surface area (Å²) < 4.78 is 5.73. The molecule has 0 saturated heterocycles. The fourth-order valence-corrected chi connectivity index (χ4v) is 3.30. The van der Waals surface area contributed by atoms with Crippen molar-refractivity contribution in [3.63, 3.8) is 0 Å². The fraction of sp³-hybridized carbons (Fsp3) is 0.833. The summed E-state index contributed by atoms with van der Waals surface area (Å²) in [6, 6.07) is 0.391. The van der Waals surface area contributed by atoms with E-state index in [0.717, 1.165) is 44.3 Å². The molecule has 0 aromatic carbocycles. The van der Waals surface area contributed by atoms with E-state index in [1.807, 2.05) is 0 Å². The Bertz CT molecular complexity index is 343. The van der Waals surface area contributed by atoms with Gasteiger partial charge < -0.3 is 9.64 Å². The first-order valence-corrected chi connectivity index (χ1v) is 8.62. The Kier molecular flexibility index (Phi) is 8.02. The second-order valence-corrected chi connectivity index (χ2v) is 6.49. The van der Waals surface area contributed by atoms with Crippen LogP contribution in [-0.4, -0.2) is 31.0 Å². The molecule has 1 aliphatic rings. The van der Waals surface area contributed by atoms with Crippen molar-refractivity contribution in [3.05, 3.63) is 11.8 Å². The number of nitrogens with zero attached hydrogens (tertiary/aromatic N) is 1. The molecule has 3 heteroatoms. The summed E-state index contributed by atoms with van der Waals surface area (Å²) in [4.78, 5) is 14.6. The van der Waals surface area contributed by atoms with E-state index in [2.05, 4.69) is 45.8 Å². The van der Waals surface area contributed by atoms with Crippen molar-refractivity contribution >= 4 is 5.97 Å². The molecule has 0 aromatic rings. The van der Waals surface area contributed by atoms with Crippen molar-refractivity contribution in [2.75, 3.05) is 14.1 Å². The summed E-state index contributed by atoms with van der Waals surface area (Å²) in [6.45, 7) is 6.50. The van der Waals surface area contributed by atoms with Crippen molar-refractivity contribution in [1.29, 1.82) is 0 Å². The number of esters is 1. The van der Waals surface area contributed by atoms with Gasteiger partial charge in [0.15, 0.2) is 0 Å². The molecule has 0 fully saturated rings. The van der Waals surface area contributed by atoms with Gasteiger partial charge in [-0.15, -0.1) is 0 Å². The van der Waals surface area contributed by atoms with Gasteiger partial charge in [0.05, 0.1) is 5.92 Å². The van der Waals surface area contributed by atoms with Gasteiger partial charge in [0.2, 0.25) is 0 Å². The molecule has 0 spiro atoms. The molecule has 0 aliphatic heterocycles. The Balaban J connectivity index is 2.70.